The fourth-order valence-electron chi connectivity index (χ4n) is 2.53. The number of benzene rings is 2. The number of hydrogen-bond donors (Lipinski definition) is 2. The summed E-state index contributed by atoms with van der Waals surface area (Å²) < 4.78 is 5.39. The van der Waals surface area contributed by atoms with E-state index in [1.165, 1.54) is 0 Å². The zero-order chi connectivity index (χ0) is 16.7. The second-order valence-corrected chi connectivity index (χ2v) is 5.35. The first kappa shape index (κ1) is 16.8. The second kappa shape index (κ2) is 8.17. The smallest absolute Gasteiger partial charge is 0.303 e. The molecule has 0 spiro atoms. The number of carbonyl (C=O) groups is 2. The van der Waals surface area contributed by atoms with Gasteiger partial charge in [-0.2, -0.15) is 0 Å². The van der Waals surface area contributed by atoms with Crippen LogP contribution < -0.4 is 10.1 Å². The predicted molar refractivity (Wildman–Crippen MR) is 88.5 cm³/mol. The molecular formula is C18H21NO4. The topological polar surface area (TPSA) is 75.6 Å². The average molecular weight is 315 g/mol. The summed E-state index contributed by atoms with van der Waals surface area (Å²) in [4.78, 5) is 22.3. The fourth-order valence-corrected chi connectivity index (χ4v) is 2.53. The first-order valence-electron chi connectivity index (χ1n) is 7.65. The Labute approximate surface area is 135 Å². The molecule has 5 heteroatoms. The molecule has 122 valence electrons. The van der Waals surface area contributed by atoms with E-state index in [1.54, 1.807) is 7.11 Å². The Balaban J connectivity index is 1.98. The van der Waals surface area contributed by atoms with E-state index in [2.05, 4.69) is 5.32 Å². The van der Waals surface area contributed by atoms with Gasteiger partial charge in [0.2, 0.25) is 5.91 Å². The molecular weight excluding hydrogens is 294 g/mol. The number of aliphatic carboxylic acids is 1. The van der Waals surface area contributed by atoms with Crippen LogP contribution in [0.4, 0.5) is 0 Å². The van der Waals surface area contributed by atoms with Crippen molar-refractivity contribution in [1.82, 2.24) is 5.32 Å². The molecule has 0 aliphatic heterocycles. The molecule has 0 aliphatic rings. The maximum Gasteiger partial charge on any atom is 0.303 e. The van der Waals surface area contributed by atoms with E-state index >= 15 is 0 Å². The summed E-state index contributed by atoms with van der Waals surface area (Å²) in [7, 11) is 1.61. The van der Waals surface area contributed by atoms with Crippen molar-refractivity contribution in [2.45, 2.75) is 32.2 Å². The normalized spacial score (nSPS) is 10.5. The molecule has 0 aliphatic carbocycles. The van der Waals surface area contributed by atoms with Crippen LogP contribution in [0.15, 0.2) is 36.4 Å². The number of amides is 1. The molecule has 0 aromatic heterocycles. The van der Waals surface area contributed by atoms with Gasteiger partial charge in [0, 0.05) is 24.9 Å². The molecule has 0 heterocycles. The second-order valence-electron chi connectivity index (χ2n) is 5.35. The van der Waals surface area contributed by atoms with Crippen LogP contribution >= 0.6 is 0 Å². The van der Waals surface area contributed by atoms with Gasteiger partial charge in [-0.3, -0.25) is 9.59 Å². The van der Waals surface area contributed by atoms with Crippen molar-refractivity contribution < 1.29 is 19.4 Å². The third-order valence-electron chi connectivity index (χ3n) is 3.72. The molecule has 1 amide bonds. The maximum absolute atomic E-state index is 11.9. The number of rotatable bonds is 8. The Morgan fingerprint density at radius 1 is 1.09 bits per heavy atom. The summed E-state index contributed by atoms with van der Waals surface area (Å²) in [6, 6.07) is 11.8. The molecule has 0 radical (unpaired) electrons. The van der Waals surface area contributed by atoms with E-state index in [-0.39, 0.29) is 12.3 Å². The largest absolute Gasteiger partial charge is 0.496 e. The summed E-state index contributed by atoms with van der Waals surface area (Å²) in [5, 5.41) is 13.6. The van der Waals surface area contributed by atoms with Gasteiger partial charge in [0.1, 0.15) is 5.75 Å². The van der Waals surface area contributed by atoms with Crippen molar-refractivity contribution in [3.63, 3.8) is 0 Å². The number of ether oxygens (including phenoxy) is 1. The van der Waals surface area contributed by atoms with E-state index < -0.39 is 5.97 Å². The summed E-state index contributed by atoms with van der Waals surface area (Å²) in [5.74, 6) is -0.161. The monoisotopic (exact) mass is 315 g/mol. The Kier molecular flexibility index (Phi) is 5.97. The highest BCUT2D eigenvalue weighted by molar-refractivity contribution is 5.88. The van der Waals surface area contributed by atoms with E-state index in [9.17, 15) is 9.59 Å². The van der Waals surface area contributed by atoms with Gasteiger partial charge < -0.3 is 15.2 Å². The lowest BCUT2D eigenvalue weighted by Crippen LogP contribution is -2.22. The minimum absolute atomic E-state index is 0.0784. The average Bonchev–Trinajstić information content (AvgIpc) is 2.56. The van der Waals surface area contributed by atoms with Gasteiger partial charge in [0.05, 0.1) is 7.11 Å². The molecule has 2 aromatic carbocycles. The number of carbonyl (C=O) groups excluding carboxylic acids is 1. The highest BCUT2D eigenvalue weighted by Crippen LogP contribution is 2.27. The minimum atomic E-state index is -0.828. The Morgan fingerprint density at radius 2 is 1.83 bits per heavy atom. The lowest BCUT2D eigenvalue weighted by molar-refractivity contribution is -0.137. The van der Waals surface area contributed by atoms with E-state index in [0.29, 0.717) is 25.8 Å². The quantitative estimate of drug-likeness (QED) is 0.734. The zero-order valence-electron chi connectivity index (χ0n) is 13.2. The van der Waals surface area contributed by atoms with E-state index in [0.717, 1.165) is 22.1 Å². The number of carboxylic acid groups (broad SMARTS) is 1. The first-order chi connectivity index (χ1) is 11.1. The van der Waals surface area contributed by atoms with Crippen molar-refractivity contribution in [2.24, 2.45) is 0 Å². The van der Waals surface area contributed by atoms with Crippen LogP contribution in [0.3, 0.4) is 0 Å². The fraction of sp³-hybridized carbons (Fsp3) is 0.333. The van der Waals surface area contributed by atoms with Crippen LogP contribution in [-0.2, 0) is 16.1 Å². The number of methoxy groups -OCH3 is 1. The molecule has 5 nitrogen and oxygen atoms in total. The lowest BCUT2D eigenvalue weighted by atomic mass is 10.0. The highest BCUT2D eigenvalue weighted by Gasteiger charge is 2.10. The van der Waals surface area contributed by atoms with Crippen molar-refractivity contribution in [1.29, 1.82) is 0 Å². The van der Waals surface area contributed by atoms with Gasteiger partial charge in [0.25, 0.3) is 0 Å². The molecule has 2 aromatic rings. The Bertz CT molecular complexity index is 696. The summed E-state index contributed by atoms with van der Waals surface area (Å²) in [5.41, 5.74) is 0.949. The number of nitrogens with one attached hydrogen (secondary N) is 1. The molecule has 23 heavy (non-hydrogen) atoms. The van der Waals surface area contributed by atoms with Gasteiger partial charge in [-0.1, -0.05) is 30.3 Å². The van der Waals surface area contributed by atoms with Gasteiger partial charge in [-0.05, 0) is 29.7 Å². The minimum Gasteiger partial charge on any atom is -0.496 e. The molecule has 2 N–H and O–H groups in total. The number of unbranched alkanes of at least 4 members (excludes halogenated alkanes) is 1. The van der Waals surface area contributed by atoms with Gasteiger partial charge in [-0.15, -0.1) is 0 Å². The van der Waals surface area contributed by atoms with Crippen LogP contribution in [0.1, 0.15) is 31.2 Å². The van der Waals surface area contributed by atoms with Gasteiger partial charge in [0.15, 0.2) is 0 Å². The molecule has 0 unspecified atom stereocenters. The third-order valence-corrected chi connectivity index (χ3v) is 3.72. The standard InChI is InChI=1S/C18H21NO4/c1-23-16-11-10-13-6-2-3-7-14(13)15(16)12-19-17(20)8-4-5-9-18(21)22/h2-3,6-7,10-11H,4-5,8-9,12H2,1H3,(H,19,20)(H,21,22). The molecule has 0 saturated heterocycles. The summed E-state index contributed by atoms with van der Waals surface area (Å²) in [6.07, 6.45) is 1.52. The molecule has 0 fully saturated rings. The van der Waals surface area contributed by atoms with E-state index in [4.69, 9.17) is 9.84 Å². The van der Waals surface area contributed by atoms with Crippen molar-refractivity contribution in [3.8, 4) is 5.75 Å². The number of hydrogen-bond acceptors (Lipinski definition) is 3. The van der Waals surface area contributed by atoms with Crippen LogP contribution in [-0.4, -0.2) is 24.1 Å². The Hall–Kier alpha value is -2.56. The van der Waals surface area contributed by atoms with Crippen LogP contribution in [0, 0.1) is 0 Å². The van der Waals surface area contributed by atoms with Crippen LogP contribution in [0.25, 0.3) is 10.8 Å². The SMILES string of the molecule is COc1ccc2ccccc2c1CNC(=O)CCCCC(=O)O. The lowest BCUT2D eigenvalue weighted by Gasteiger charge is -2.13. The van der Waals surface area contributed by atoms with Crippen LogP contribution in [0.5, 0.6) is 5.75 Å². The number of fused-ring (bicyclic) bond motifs is 1. The molecule has 0 bridgehead atoms. The van der Waals surface area contributed by atoms with Crippen molar-refractivity contribution in [2.75, 3.05) is 7.11 Å². The highest BCUT2D eigenvalue weighted by atomic mass is 16.5. The summed E-state index contributed by atoms with van der Waals surface area (Å²) in [6.45, 7) is 0.391. The van der Waals surface area contributed by atoms with Crippen LogP contribution in [0.2, 0.25) is 0 Å². The maximum atomic E-state index is 11.9. The molecule has 2 rings (SSSR count). The van der Waals surface area contributed by atoms with Crippen molar-refractivity contribution in [3.05, 3.63) is 42.0 Å². The molecule has 0 atom stereocenters. The molecule has 0 saturated carbocycles. The third kappa shape index (κ3) is 4.71. The number of carboxylic acids is 1. The first-order valence-corrected chi connectivity index (χ1v) is 7.65. The predicted octanol–water partition coefficient (Wildman–Crippen LogP) is 3.11. The van der Waals surface area contributed by atoms with Crippen molar-refractivity contribution >= 4 is 22.6 Å². The van der Waals surface area contributed by atoms with E-state index in [1.807, 2.05) is 36.4 Å². The van der Waals surface area contributed by atoms with Gasteiger partial charge in [-0.25, -0.2) is 0 Å². The summed E-state index contributed by atoms with van der Waals surface area (Å²) >= 11 is 0. The van der Waals surface area contributed by atoms with Gasteiger partial charge >= 0.3 is 5.97 Å². The zero-order valence-corrected chi connectivity index (χ0v) is 13.2. The Morgan fingerprint density at radius 3 is 2.57 bits per heavy atom.